The summed E-state index contributed by atoms with van der Waals surface area (Å²) in [5, 5.41) is 2.94. The molecule has 106 valence electrons. The molecular formula is C16H19NO3. The highest BCUT2D eigenvalue weighted by atomic mass is 16.6. The molecule has 0 unspecified atom stereocenters. The third kappa shape index (κ3) is 2.42. The van der Waals surface area contributed by atoms with Gasteiger partial charge in [0.2, 0.25) is 5.91 Å². The molecule has 1 aromatic carbocycles. The molecular weight excluding hydrogens is 254 g/mol. The van der Waals surface area contributed by atoms with Crippen molar-refractivity contribution >= 4 is 11.9 Å². The molecule has 1 saturated heterocycles. The average molecular weight is 273 g/mol. The van der Waals surface area contributed by atoms with Gasteiger partial charge in [-0.1, -0.05) is 30.3 Å². The van der Waals surface area contributed by atoms with Crippen molar-refractivity contribution < 1.29 is 14.3 Å². The second kappa shape index (κ2) is 5.27. The van der Waals surface area contributed by atoms with Gasteiger partial charge >= 0.3 is 5.97 Å². The van der Waals surface area contributed by atoms with Crippen molar-refractivity contribution in [2.45, 2.75) is 44.2 Å². The highest BCUT2D eigenvalue weighted by Gasteiger charge is 2.53. The van der Waals surface area contributed by atoms with Crippen molar-refractivity contribution in [3.05, 3.63) is 35.9 Å². The van der Waals surface area contributed by atoms with Gasteiger partial charge in [0, 0.05) is 6.54 Å². The van der Waals surface area contributed by atoms with Crippen molar-refractivity contribution in [1.82, 2.24) is 5.32 Å². The zero-order valence-electron chi connectivity index (χ0n) is 11.4. The van der Waals surface area contributed by atoms with Crippen LogP contribution in [-0.4, -0.2) is 17.5 Å². The van der Waals surface area contributed by atoms with Crippen LogP contribution in [0.25, 0.3) is 0 Å². The normalized spacial score (nSPS) is 23.8. The van der Waals surface area contributed by atoms with Crippen LogP contribution in [-0.2, 0) is 20.9 Å². The fourth-order valence-corrected chi connectivity index (χ4v) is 3.36. The van der Waals surface area contributed by atoms with E-state index in [1.807, 2.05) is 30.3 Å². The molecule has 1 amide bonds. The van der Waals surface area contributed by atoms with Crippen LogP contribution in [0, 0.1) is 5.92 Å². The lowest BCUT2D eigenvalue weighted by molar-refractivity contribution is -0.149. The number of rotatable bonds is 3. The Morgan fingerprint density at radius 3 is 2.65 bits per heavy atom. The van der Waals surface area contributed by atoms with E-state index in [2.05, 4.69) is 5.32 Å². The van der Waals surface area contributed by atoms with Crippen LogP contribution in [0.1, 0.15) is 37.7 Å². The van der Waals surface area contributed by atoms with Crippen molar-refractivity contribution in [2.75, 3.05) is 0 Å². The molecule has 1 aliphatic carbocycles. The molecule has 1 aliphatic heterocycles. The topological polar surface area (TPSA) is 55.4 Å². The molecule has 4 heteroatoms. The zero-order chi connectivity index (χ0) is 14.0. The second-order valence-corrected chi connectivity index (χ2v) is 5.71. The van der Waals surface area contributed by atoms with E-state index >= 15 is 0 Å². The molecule has 2 fully saturated rings. The minimum atomic E-state index is -0.516. The Bertz CT molecular complexity index is 506. The van der Waals surface area contributed by atoms with E-state index < -0.39 is 5.60 Å². The summed E-state index contributed by atoms with van der Waals surface area (Å²) < 4.78 is 5.50. The van der Waals surface area contributed by atoms with Crippen molar-refractivity contribution in [3.8, 4) is 0 Å². The average Bonchev–Trinajstić information content (AvgIpc) is 3.05. The molecule has 1 saturated carbocycles. The van der Waals surface area contributed by atoms with Crippen molar-refractivity contribution in [3.63, 3.8) is 0 Å². The SMILES string of the molecule is O=C1C[C@H](C(=O)NCc2ccccc2)C2(CCCC2)O1. The van der Waals surface area contributed by atoms with Crippen LogP contribution >= 0.6 is 0 Å². The molecule has 4 nitrogen and oxygen atoms in total. The molecule has 3 rings (SSSR count). The zero-order valence-corrected chi connectivity index (χ0v) is 11.4. The second-order valence-electron chi connectivity index (χ2n) is 5.71. The van der Waals surface area contributed by atoms with E-state index in [0.717, 1.165) is 31.2 Å². The third-order valence-electron chi connectivity index (χ3n) is 4.40. The molecule has 1 atom stereocenters. The maximum absolute atomic E-state index is 12.4. The standard InChI is InChI=1S/C16H19NO3/c18-14-10-13(16(20-14)8-4-5-9-16)15(19)17-11-12-6-2-1-3-7-12/h1-3,6-7,13H,4-5,8-11H2,(H,17,19)/t13-/m1/s1. The molecule has 1 N–H and O–H groups in total. The van der Waals surface area contributed by atoms with E-state index in [1.54, 1.807) is 0 Å². The minimum absolute atomic E-state index is 0.0541. The highest BCUT2D eigenvalue weighted by Crippen LogP contribution is 2.45. The summed E-state index contributed by atoms with van der Waals surface area (Å²) in [7, 11) is 0. The highest BCUT2D eigenvalue weighted by molar-refractivity contribution is 5.87. The molecule has 1 heterocycles. The first kappa shape index (κ1) is 13.2. The first-order chi connectivity index (χ1) is 9.70. The molecule has 1 aromatic rings. The number of esters is 1. The number of carbonyl (C=O) groups is 2. The summed E-state index contributed by atoms with van der Waals surface area (Å²) >= 11 is 0. The van der Waals surface area contributed by atoms with Crippen LogP contribution in [0.4, 0.5) is 0 Å². The predicted molar refractivity (Wildman–Crippen MR) is 73.7 cm³/mol. The fourth-order valence-electron chi connectivity index (χ4n) is 3.36. The first-order valence-corrected chi connectivity index (χ1v) is 7.23. The van der Waals surface area contributed by atoms with Gasteiger partial charge in [-0.05, 0) is 31.2 Å². The number of hydrogen-bond acceptors (Lipinski definition) is 3. The van der Waals surface area contributed by atoms with E-state index in [9.17, 15) is 9.59 Å². The summed E-state index contributed by atoms with van der Waals surface area (Å²) in [6.45, 7) is 0.500. The van der Waals surface area contributed by atoms with Crippen LogP contribution in [0.15, 0.2) is 30.3 Å². The van der Waals surface area contributed by atoms with Gasteiger partial charge in [0.25, 0.3) is 0 Å². The number of hydrogen-bond donors (Lipinski definition) is 1. The lowest BCUT2D eigenvalue weighted by atomic mass is 9.85. The Morgan fingerprint density at radius 1 is 1.25 bits per heavy atom. The van der Waals surface area contributed by atoms with E-state index in [0.29, 0.717) is 6.54 Å². The minimum Gasteiger partial charge on any atom is -0.458 e. The first-order valence-electron chi connectivity index (χ1n) is 7.23. The Morgan fingerprint density at radius 2 is 1.95 bits per heavy atom. The quantitative estimate of drug-likeness (QED) is 0.859. The lowest BCUT2D eigenvalue weighted by Crippen LogP contribution is -2.42. The number of benzene rings is 1. The van der Waals surface area contributed by atoms with Crippen LogP contribution in [0.3, 0.4) is 0 Å². The molecule has 0 aromatic heterocycles. The van der Waals surface area contributed by atoms with Gasteiger partial charge in [0.05, 0.1) is 12.3 Å². The van der Waals surface area contributed by atoms with Gasteiger partial charge in [-0.3, -0.25) is 9.59 Å². The smallest absolute Gasteiger partial charge is 0.307 e. The predicted octanol–water partition coefficient (Wildman–Crippen LogP) is 2.18. The number of amides is 1. The van der Waals surface area contributed by atoms with Gasteiger partial charge in [-0.2, -0.15) is 0 Å². The van der Waals surface area contributed by atoms with Gasteiger partial charge in [-0.15, -0.1) is 0 Å². The molecule has 0 radical (unpaired) electrons. The Labute approximate surface area is 118 Å². The summed E-state index contributed by atoms with van der Waals surface area (Å²) in [6, 6.07) is 9.79. The number of carbonyl (C=O) groups excluding carboxylic acids is 2. The molecule has 1 spiro atoms. The Balaban J connectivity index is 1.65. The van der Waals surface area contributed by atoms with Crippen molar-refractivity contribution in [2.24, 2.45) is 5.92 Å². The summed E-state index contributed by atoms with van der Waals surface area (Å²) in [5.74, 6) is -0.602. The fraction of sp³-hybridized carbons (Fsp3) is 0.500. The van der Waals surface area contributed by atoms with Crippen LogP contribution in [0.2, 0.25) is 0 Å². The number of ether oxygens (including phenoxy) is 1. The monoisotopic (exact) mass is 273 g/mol. The van der Waals surface area contributed by atoms with Crippen LogP contribution < -0.4 is 5.32 Å². The summed E-state index contributed by atoms with van der Waals surface area (Å²) in [6.07, 6.45) is 3.94. The van der Waals surface area contributed by atoms with Gasteiger partial charge in [-0.25, -0.2) is 0 Å². The van der Waals surface area contributed by atoms with E-state index in [-0.39, 0.29) is 24.2 Å². The Kier molecular flexibility index (Phi) is 3.47. The third-order valence-corrected chi connectivity index (χ3v) is 4.40. The van der Waals surface area contributed by atoms with Gasteiger partial charge in [0.1, 0.15) is 5.60 Å². The largest absolute Gasteiger partial charge is 0.458 e. The Hall–Kier alpha value is -1.84. The summed E-state index contributed by atoms with van der Waals surface area (Å²) in [5.41, 5.74) is 0.546. The molecule has 20 heavy (non-hydrogen) atoms. The maximum Gasteiger partial charge on any atom is 0.307 e. The van der Waals surface area contributed by atoms with Crippen LogP contribution in [0.5, 0.6) is 0 Å². The summed E-state index contributed by atoms with van der Waals surface area (Å²) in [4.78, 5) is 24.0. The lowest BCUT2D eigenvalue weighted by Gasteiger charge is -2.27. The van der Waals surface area contributed by atoms with Gasteiger partial charge in [0.15, 0.2) is 0 Å². The van der Waals surface area contributed by atoms with E-state index in [1.165, 1.54) is 0 Å². The van der Waals surface area contributed by atoms with Gasteiger partial charge < -0.3 is 10.1 Å². The van der Waals surface area contributed by atoms with E-state index in [4.69, 9.17) is 4.74 Å². The number of nitrogens with one attached hydrogen (secondary N) is 1. The van der Waals surface area contributed by atoms with Crippen molar-refractivity contribution in [1.29, 1.82) is 0 Å². The molecule has 0 bridgehead atoms. The molecule has 2 aliphatic rings. The maximum atomic E-state index is 12.4.